The molecule has 3 rings (SSSR count). The fraction of sp³-hybridized carbons (Fsp3) is 0.368. The second kappa shape index (κ2) is 6.14. The molecule has 0 unspecified atom stereocenters. The third kappa shape index (κ3) is 2.96. The summed E-state index contributed by atoms with van der Waals surface area (Å²) in [6.07, 6.45) is 1.91. The molecule has 2 aromatic carbocycles. The molecule has 1 fully saturated rings. The Morgan fingerprint density at radius 2 is 1.71 bits per heavy atom. The number of aromatic hydroxyl groups is 1. The lowest BCUT2D eigenvalue weighted by molar-refractivity contribution is 0.00578. The van der Waals surface area contributed by atoms with Crippen molar-refractivity contribution >= 4 is 36.6 Å². The lowest BCUT2D eigenvalue weighted by Crippen LogP contribution is -2.41. The Balaban J connectivity index is 1.99. The monoisotopic (exact) mass is 342 g/mol. The maximum absolute atomic E-state index is 10.6. The van der Waals surface area contributed by atoms with Crippen molar-refractivity contribution in [3.8, 4) is 5.75 Å². The van der Waals surface area contributed by atoms with Crippen LogP contribution < -0.4 is 0 Å². The zero-order chi connectivity index (χ0) is 17.5. The molecule has 24 heavy (non-hydrogen) atoms. The molecule has 0 amide bonds. The predicted molar refractivity (Wildman–Crippen MR) is 104 cm³/mol. The molecule has 3 nitrogen and oxygen atoms in total. The van der Waals surface area contributed by atoms with E-state index in [1.54, 1.807) is 0 Å². The normalized spacial score (nSPS) is 19.9. The van der Waals surface area contributed by atoms with Gasteiger partial charge in [-0.05, 0) is 38.6 Å². The van der Waals surface area contributed by atoms with Gasteiger partial charge in [-0.3, -0.25) is 0 Å². The second-order valence-electron chi connectivity index (χ2n) is 7.19. The summed E-state index contributed by atoms with van der Waals surface area (Å²) in [6, 6.07) is 11.7. The Kier molecular flexibility index (Phi) is 4.45. The first-order valence-corrected chi connectivity index (χ1v) is 8.76. The van der Waals surface area contributed by atoms with Crippen molar-refractivity contribution < 1.29 is 14.4 Å². The fourth-order valence-corrected chi connectivity index (χ4v) is 3.01. The smallest absolute Gasteiger partial charge is 0.491 e. The SMILES string of the molecule is CC1(C)OB(C(=Cc2ccc3ccccc3c2O)CS)OC1(C)C. The van der Waals surface area contributed by atoms with Gasteiger partial charge in [0, 0.05) is 16.7 Å². The van der Waals surface area contributed by atoms with Crippen LogP contribution in [0.3, 0.4) is 0 Å². The summed E-state index contributed by atoms with van der Waals surface area (Å²) in [7, 11) is -0.460. The summed E-state index contributed by atoms with van der Waals surface area (Å²) >= 11 is 4.43. The minimum Gasteiger partial charge on any atom is -0.507 e. The van der Waals surface area contributed by atoms with E-state index in [1.165, 1.54) is 0 Å². The molecule has 1 aliphatic heterocycles. The van der Waals surface area contributed by atoms with Gasteiger partial charge < -0.3 is 14.4 Å². The molecule has 0 spiro atoms. The van der Waals surface area contributed by atoms with Crippen LogP contribution in [-0.2, 0) is 9.31 Å². The quantitative estimate of drug-likeness (QED) is 0.638. The predicted octanol–water partition coefficient (Wildman–Crippen LogP) is 4.49. The summed E-state index contributed by atoms with van der Waals surface area (Å²) < 4.78 is 12.2. The number of hydrogen-bond acceptors (Lipinski definition) is 4. The van der Waals surface area contributed by atoms with Crippen molar-refractivity contribution in [2.24, 2.45) is 0 Å². The standard InChI is InChI=1S/C19H23BO3S/c1-18(2)19(3,4)23-20(22-18)15(12-24)11-14-10-9-13-7-5-6-8-16(13)17(14)21/h5-11,21,24H,12H2,1-4H3. The molecule has 0 radical (unpaired) electrons. The van der Waals surface area contributed by atoms with Gasteiger partial charge in [-0.15, -0.1) is 0 Å². The third-order valence-corrected chi connectivity index (χ3v) is 5.38. The Hall–Kier alpha value is -1.43. The topological polar surface area (TPSA) is 38.7 Å². The minimum absolute atomic E-state index is 0.268. The first-order chi connectivity index (χ1) is 11.2. The molecule has 0 atom stereocenters. The van der Waals surface area contributed by atoms with Gasteiger partial charge in [-0.1, -0.05) is 42.5 Å². The summed E-state index contributed by atoms with van der Waals surface area (Å²) in [6.45, 7) is 8.10. The number of fused-ring (bicyclic) bond motifs is 1. The van der Waals surface area contributed by atoms with E-state index in [4.69, 9.17) is 9.31 Å². The highest BCUT2D eigenvalue weighted by Crippen LogP contribution is 2.39. The van der Waals surface area contributed by atoms with E-state index in [9.17, 15) is 5.11 Å². The number of benzene rings is 2. The van der Waals surface area contributed by atoms with E-state index in [0.717, 1.165) is 21.8 Å². The Morgan fingerprint density at radius 3 is 2.33 bits per heavy atom. The van der Waals surface area contributed by atoms with Crippen LogP contribution in [0.5, 0.6) is 5.75 Å². The van der Waals surface area contributed by atoms with E-state index in [1.807, 2.05) is 70.2 Å². The van der Waals surface area contributed by atoms with Crippen molar-refractivity contribution in [1.29, 1.82) is 0 Å². The van der Waals surface area contributed by atoms with Crippen LogP contribution in [0.4, 0.5) is 0 Å². The number of hydrogen-bond donors (Lipinski definition) is 2. The molecule has 1 N–H and O–H groups in total. The lowest BCUT2D eigenvalue weighted by Gasteiger charge is -2.32. The number of phenolic OH excluding ortho intramolecular Hbond substituents is 1. The summed E-state index contributed by atoms with van der Waals surface area (Å²) in [5.41, 5.74) is 0.839. The van der Waals surface area contributed by atoms with Gasteiger partial charge in [0.05, 0.1) is 11.2 Å². The Morgan fingerprint density at radius 1 is 1.08 bits per heavy atom. The van der Waals surface area contributed by atoms with Gasteiger partial charge in [0.25, 0.3) is 0 Å². The maximum atomic E-state index is 10.6. The van der Waals surface area contributed by atoms with E-state index in [2.05, 4.69) is 12.6 Å². The van der Waals surface area contributed by atoms with Crippen LogP contribution in [0.1, 0.15) is 33.3 Å². The van der Waals surface area contributed by atoms with Crippen molar-refractivity contribution in [3.05, 3.63) is 47.4 Å². The first kappa shape index (κ1) is 17.4. The molecular formula is C19H23BO3S. The highest BCUT2D eigenvalue weighted by molar-refractivity contribution is 7.80. The Labute approximate surface area is 149 Å². The van der Waals surface area contributed by atoms with Gasteiger partial charge in [0.1, 0.15) is 5.75 Å². The molecular weight excluding hydrogens is 319 g/mol. The molecule has 126 valence electrons. The van der Waals surface area contributed by atoms with Crippen LogP contribution in [0.15, 0.2) is 41.9 Å². The van der Waals surface area contributed by atoms with Gasteiger partial charge >= 0.3 is 7.12 Å². The zero-order valence-corrected chi connectivity index (χ0v) is 15.4. The largest absolute Gasteiger partial charge is 0.507 e. The van der Waals surface area contributed by atoms with E-state index in [-0.39, 0.29) is 5.75 Å². The summed E-state index contributed by atoms with van der Waals surface area (Å²) in [4.78, 5) is 0. The van der Waals surface area contributed by atoms with Crippen LogP contribution in [0.25, 0.3) is 16.8 Å². The molecule has 0 saturated carbocycles. The van der Waals surface area contributed by atoms with Gasteiger partial charge in [-0.2, -0.15) is 12.6 Å². The number of thiol groups is 1. The zero-order valence-electron chi connectivity index (χ0n) is 14.5. The molecule has 0 aromatic heterocycles. The average molecular weight is 342 g/mol. The number of rotatable bonds is 3. The number of phenols is 1. The van der Waals surface area contributed by atoms with Gasteiger partial charge in [-0.25, -0.2) is 0 Å². The minimum atomic E-state index is -0.460. The molecule has 2 aromatic rings. The van der Waals surface area contributed by atoms with Crippen LogP contribution in [-0.4, -0.2) is 29.2 Å². The molecule has 1 aliphatic rings. The third-order valence-electron chi connectivity index (χ3n) is 5.01. The average Bonchev–Trinajstić information content (AvgIpc) is 2.75. The molecule has 5 heteroatoms. The maximum Gasteiger partial charge on any atom is 0.491 e. The lowest BCUT2D eigenvalue weighted by atomic mass is 9.78. The summed E-state index contributed by atoms with van der Waals surface area (Å²) in [5, 5.41) is 12.4. The van der Waals surface area contributed by atoms with Gasteiger partial charge in [0.15, 0.2) is 0 Å². The van der Waals surface area contributed by atoms with Crippen molar-refractivity contribution in [2.45, 2.75) is 38.9 Å². The molecule has 0 bridgehead atoms. The fourth-order valence-electron chi connectivity index (χ4n) is 2.77. The van der Waals surface area contributed by atoms with Crippen LogP contribution >= 0.6 is 12.6 Å². The first-order valence-electron chi connectivity index (χ1n) is 8.13. The summed E-state index contributed by atoms with van der Waals surface area (Å²) in [5.74, 6) is 0.757. The Bertz CT molecular complexity index is 782. The molecule has 1 saturated heterocycles. The second-order valence-corrected chi connectivity index (χ2v) is 7.51. The molecule has 0 aliphatic carbocycles. The van der Waals surface area contributed by atoms with Crippen LogP contribution in [0.2, 0.25) is 0 Å². The van der Waals surface area contributed by atoms with Crippen molar-refractivity contribution in [1.82, 2.24) is 0 Å². The van der Waals surface area contributed by atoms with Crippen molar-refractivity contribution in [2.75, 3.05) is 5.75 Å². The highest BCUT2D eigenvalue weighted by atomic mass is 32.1. The molecule has 1 heterocycles. The van der Waals surface area contributed by atoms with Crippen molar-refractivity contribution in [3.63, 3.8) is 0 Å². The van der Waals surface area contributed by atoms with Crippen LogP contribution in [0, 0.1) is 0 Å². The highest BCUT2D eigenvalue weighted by Gasteiger charge is 2.52. The van der Waals surface area contributed by atoms with E-state index < -0.39 is 18.3 Å². The van der Waals surface area contributed by atoms with E-state index in [0.29, 0.717) is 5.75 Å². The van der Waals surface area contributed by atoms with Gasteiger partial charge in [0.2, 0.25) is 0 Å². The van der Waals surface area contributed by atoms with E-state index >= 15 is 0 Å².